The van der Waals surface area contributed by atoms with E-state index in [0.717, 1.165) is 0 Å². The van der Waals surface area contributed by atoms with Crippen LogP contribution in [-0.4, -0.2) is 55.0 Å². The summed E-state index contributed by atoms with van der Waals surface area (Å²) in [6.07, 6.45) is -1.74. The third-order valence-corrected chi connectivity index (χ3v) is 14.1. The van der Waals surface area contributed by atoms with E-state index in [0.29, 0.717) is 0 Å². The fourth-order valence-corrected chi connectivity index (χ4v) is 8.74. The largest absolute Gasteiger partial charge is 0.457 e. The number of rotatable bonds is 6. The van der Waals surface area contributed by atoms with Crippen molar-refractivity contribution in [2.24, 2.45) is 0 Å². The van der Waals surface area contributed by atoms with E-state index in [1.807, 2.05) is 41.5 Å². The number of carbonyl (C=O) groups excluding carboxylic acids is 3. The Balaban J connectivity index is 3.17. The van der Waals surface area contributed by atoms with Gasteiger partial charge in [-0.05, 0) is 10.1 Å². The van der Waals surface area contributed by atoms with Crippen molar-refractivity contribution in [3.05, 3.63) is 0 Å². The van der Waals surface area contributed by atoms with Crippen molar-refractivity contribution in [2.75, 3.05) is 6.61 Å². The third kappa shape index (κ3) is 6.60. The first kappa shape index (κ1) is 26.3. The van der Waals surface area contributed by atoms with Gasteiger partial charge in [-0.15, -0.1) is 22.8 Å². The molecule has 0 aliphatic carbocycles. The minimum atomic E-state index is -2.79. The van der Waals surface area contributed by atoms with Gasteiger partial charge in [0.05, 0.1) is 11.9 Å². The van der Waals surface area contributed by atoms with Crippen LogP contribution in [0.15, 0.2) is 0 Å². The molecule has 7 nitrogen and oxygen atoms in total. The maximum atomic E-state index is 11.7. The Morgan fingerprint density at radius 3 is 1.62 bits per heavy atom. The van der Waals surface area contributed by atoms with Crippen molar-refractivity contribution in [1.82, 2.24) is 0 Å². The predicted molar refractivity (Wildman–Crippen MR) is 115 cm³/mol. The van der Waals surface area contributed by atoms with Gasteiger partial charge < -0.3 is 18.6 Å². The first-order valence-electron chi connectivity index (χ1n) is 9.49. The molecule has 0 bridgehead atoms. The van der Waals surface area contributed by atoms with E-state index in [4.69, 9.17) is 29.7 Å². The van der Waals surface area contributed by atoms with Gasteiger partial charge in [0.2, 0.25) is 0 Å². The van der Waals surface area contributed by atoms with E-state index in [1.54, 1.807) is 0 Å². The Hall–Kier alpha value is -0.773. The molecule has 0 aromatic carbocycles. The van der Waals surface area contributed by atoms with E-state index in [-0.39, 0.29) is 16.7 Å². The Morgan fingerprint density at radius 1 is 0.828 bits per heavy atom. The van der Waals surface area contributed by atoms with Gasteiger partial charge in [-0.25, -0.2) is 0 Å². The second-order valence-electron chi connectivity index (χ2n) is 9.21. The molecule has 0 N–H and O–H groups in total. The molecule has 0 aromatic rings. The molecule has 0 spiro atoms. The van der Waals surface area contributed by atoms with Crippen LogP contribution in [-0.2, 0) is 33.0 Å². The Kier molecular flexibility index (Phi) is 8.67. The lowest BCUT2D eigenvalue weighted by molar-refractivity contribution is -0.173. The van der Waals surface area contributed by atoms with Gasteiger partial charge in [0.1, 0.15) is 0 Å². The molecule has 0 amide bonds. The molecular weight excluding hydrogens is 436 g/mol. The van der Waals surface area contributed by atoms with Gasteiger partial charge in [-0.3, -0.25) is 14.4 Å². The fourth-order valence-electron chi connectivity index (χ4n) is 3.49. The molecule has 4 atom stereocenters. The minimum Gasteiger partial charge on any atom is -0.457 e. The molecule has 10 heteroatoms. The van der Waals surface area contributed by atoms with E-state index < -0.39 is 48.4 Å². The van der Waals surface area contributed by atoms with Crippen LogP contribution in [0.2, 0.25) is 10.1 Å². The summed E-state index contributed by atoms with van der Waals surface area (Å²) in [7, 11) is -2.79. The molecule has 1 rings (SSSR count). The monoisotopic (exact) mass is 468 g/mol. The summed E-state index contributed by atoms with van der Waals surface area (Å²) in [6, 6.07) is 0. The van der Waals surface area contributed by atoms with Crippen molar-refractivity contribution in [3.63, 3.8) is 0 Å². The fraction of sp³-hybridized carbons (Fsp3) is 0.842. The first-order chi connectivity index (χ1) is 13.0. The molecule has 168 valence electrons. The average molecular weight is 469 g/mol. The molecule has 1 aliphatic rings. The van der Waals surface area contributed by atoms with Gasteiger partial charge in [-0.2, -0.15) is 0 Å². The summed E-state index contributed by atoms with van der Waals surface area (Å²) in [4.78, 5) is 34.8. The molecule has 1 heterocycles. The van der Waals surface area contributed by atoms with Crippen LogP contribution in [0.4, 0.5) is 0 Å². The zero-order valence-electron chi connectivity index (χ0n) is 18.7. The lowest BCUT2D eigenvalue weighted by Crippen LogP contribution is -2.51. The van der Waals surface area contributed by atoms with Crippen LogP contribution in [0.25, 0.3) is 0 Å². The predicted octanol–water partition coefficient (Wildman–Crippen LogP) is 4.15. The standard InChI is InChI=1S/C19H33ClO7SSi/c1-11(21)25-15-14(10-24-29(20,18(4,5)6)19(7,8)9)28-17(27-13(3)23)16(15)26-12(2)22/h14-17H,10H2,1-9H3/t14-,15-,16-,17?/m1/s1. The van der Waals surface area contributed by atoms with Crippen molar-refractivity contribution in [3.8, 4) is 0 Å². The van der Waals surface area contributed by atoms with E-state index >= 15 is 0 Å². The summed E-state index contributed by atoms with van der Waals surface area (Å²) in [5.41, 5.74) is -0.801. The normalized spacial score (nSPS) is 25.4. The van der Waals surface area contributed by atoms with Crippen LogP contribution in [0.3, 0.4) is 0 Å². The smallest absolute Gasteiger partial charge is 0.303 e. The van der Waals surface area contributed by atoms with Crippen LogP contribution in [0.5, 0.6) is 0 Å². The third-order valence-electron chi connectivity index (χ3n) is 4.53. The number of hydrogen-bond donors (Lipinski definition) is 0. The lowest BCUT2D eigenvalue weighted by Gasteiger charge is -2.46. The molecule has 0 aromatic heterocycles. The van der Waals surface area contributed by atoms with Crippen LogP contribution in [0, 0.1) is 0 Å². The highest BCUT2D eigenvalue weighted by Crippen LogP contribution is 2.54. The summed E-state index contributed by atoms with van der Waals surface area (Å²) in [5, 5.41) is -0.947. The number of carbonyl (C=O) groups is 3. The Labute approximate surface area is 183 Å². The highest BCUT2D eigenvalue weighted by atomic mass is 35.6. The maximum Gasteiger partial charge on any atom is 0.303 e. The second kappa shape index (κ2) is 9.57. The zero-order valence-corrected chi connectivity index (χ0v) is 21.2. The minimum absolute atomic E-state index is 0.169. The van der Waals surface area contributed by atoms with Gasteiger partial charge >= 0.3 is 25.5 Å². The number of hydrogen-bond acceptors (Lipinski definition) is 8. The van der Waals surface area contributed by atoms with Crippen molar-refractivity contribution in [2.45, 2.75) is 95.3 Å². The van der Waals surface area contributed by atoms with Crippen LogP contribution < -0.4 is 0 Å². The van der Waals surface area contributed by atoms with Crippen LogP contribution >= 0.6 is 22.8 Å². The highest BCUT2D eigenvalue weighted by Gasteiger charge is 2.57. The molecule has 0 saturated carbocycles. The Morgan fingerprint density at radius 2 is 1.24 bits per heavy atom. The highest BCUT2D eigenvalue weighted by molar-refractivity contribution is 8.00. The average Bonchev–Trinajstić information content (AvgIpc) is 2.78. The topological polar surface area (TPSA) is 88.1 Å². The van der Waals surface area contributed by atoms with E-state index in [9.17, 15) is 14.4 Å². The lowest BCUT2D eigenvalue weighted by atomic mass is 10.1. The van der Waals surface area contributed by atoms with Gasteiger partial charge in [0.25, 0.3) is 0 Å². The molecule has 1 fully saturated rings. The van der Waals surface area contributed by atoms with Crippen molar-refractivity contribution in [1.29, 1.82) is 0 Å². The van der Waals surface area contributed by atoms with Crippen molar-refractivity contribution >= 4 is 48.4 Å². The zero-order chi connectivity index (χ0) is 22.8. The van der Waals surface area contributed by atoms with E-state index in [1.165, 1.54) is 32.5 Å². The summed E-state index contributed by atoms with van der Waals surface area (Å²) in [5.74, 6) is -1.60. The molecule has 1 saturated heterocycles. The van der Waals surface area contributed by atoms with Crippen LogP contribution in [0.1, 0.15) is 62.3 Å². The maximum absolute atomic E-state index is 11.7. The number of halogens is 1. The Bertz CT molecular complexity index is 615. The van der Waals surface area contributed by atoms with E-state index in [2.05, 4.69) is 0 Å². The second-order valence-corrected chi connectivity index (χ2v) is 16.6. The first-order valence-corrected chi connectivity index (χ1v) is 13.4. The summed E-state index contributed by atoms with van der Waals surface area (Å²) in [6.45, 7) is 16.3. The van der Waals surface area contributed by atoms with Gasteiger partial charge in [0, 0.05) is 20.8 Å². The van der Waals surface area contributed by atoms with Gasteiger partial charge in [-0.1, -0.05) is 41.5 Å². The summed E-state index contributed by atoms with van der Waals surface area (Å²) < 4.78 is 22.5. The molecule has 1 aliphatic heterocycles. The van der Waals surface area contributed by atoms with Crippen molar-refractivity contribution < 1.29 is 33.0 Å². The SMILES string of the molecule is CC(=O)OC1S[C@H](CO[Si](Cl)(C(C)(C)C)C(C)(C)C)[C@@H](OC(C)=O)[C@H]1OC(C)=O. The molecule has 1 unspecified atom stereocenters. The molecule has 0 radical (unpaired) electrons. The van der Waals surface area contributed by atoms with Gasteiger partial charge in [0.15, 0.2) is 17.6 Å². The number of esters is 3. The quantitative estimate of drug-likeness (QED) is 0.248. The summed E-state index contributed by atoms with van der Waals surface area (Å²) >= 11 is 8.34. The molecule has 29 heavy (non-hydrogen) atoms. The molecular formula is C19H33ClO7SSi. The number of thioether (sulfide) groups is 1. The number of ether oxygens (including phenoxy) is 3.